The fourth-order valence-electron chi connectivity index (χ4n) is 3.81. The number of rotatable bonds is 6. The summed E-state index contributed by atoms with van der Waals surface area (Å²) in [5.74, 6) is -2.28. The Bertz CT molecular complexity index is 779. The van der Waals surface area contributed by atoms with Crippen molar-refractivity contribution in [3.8, 4) is 11.1 Å². The summed E-state index contributed by atoms with van der Waals surface area (Å²) in [6.07, 6.45) is 5.74. The number of hydrogen-bond donors (Lipinski definition) is 0. The van der Waals surface area contributed by atoms with E-state index in [9.17, 15) is 13.2 Å². The van der Waals surface area contributed by atoms with Gasteiger partial charge in [0, 0.05) is 11.5 Å². The summed E-state index contributed by atoms with van der Waals surface area (Å²) >= 11 is 0. The molecular formula is C23H27F3O. The predicted octanol–water partition coefficient (Wildman–Crippen LogP) is 6.79. The van der Waals surface area contributed by atoms with Gasteiger partial charge in [0.25, 0.3) is 0 Å². The van der Waals surface area contributed by atoms with E-state index in [1.54, 1.807) is 24.3 Å². The molecule has 0 saturated carbocycles. The van der Waals surface area contributed by atoms with Crippen molar-refractivity contribution >= 4 is 0 Å². The van der Waals surface area contributed by atoms with Crippen LogP contribution < -0.4 is 0 Å². The van der Waals surface area contributed by atoms with E-state index in [0.717, 1.165) is 32.1 Å². The van der Waals surface area contributed by atoms with Crippen molar-refractivity contribution < 1.29 is 17.9 Å². The highest BCUT2D eigenvalue weighted by Gasteiger charge is 2.27. The van der Waals surface area contributed by atoms with Crippen LogP contribution in [0.1, 0.15) is 63.0 Å². The molecule has 0 N–H and O–H groups in total. The Morgan fingerprint density at radius 2 is 1.81 bits per heavy atom. The lowest BCUT2D eigenvalue weighted by Crippen LogP contribution is -2.25. The van der Waals surface area contributed by atoms with Crippen molar-refractivity contribution in [3.63, 3.8) is 0 Å². The summed E-state index contributed by atoms with van der Waals surface area (Å²) < 4.78 is 49.4. The average Bonchev–Trinajstić information content (AvgIpc) is 2.69. The Hall–Kier alpha value is -1.81. The lowest BCUT2D eigenvalue weighted by Gasteiger charge is -2.29. The second kappa shape index (κ2) is 8.92. The number of aryl methyl sites for hydroxylation is 1. The average molecular weight is 376 g/mol. The first-order chi connectivity index (χ1) is 13.0. The van der Waals surface area contributed by atoms with Gasteiger partial charge in [0.2, 0.25) is 0 Å². The van der Waals surface area contributed by atoms with Crippen molar-refractivity contribution in [3.05, 3.63) is 58.9 Å². The van der Waals surface area contributed by atoms with Gasteiger partial charge in [-0.05, 0) is 48.4 Å². The van der Waals surface area contributed by atoms with Gasteiger partial charge in [-0.2, -0.15) is 0 Å². The van der Waals surface area contributed by atoms with Gasteiger partial charge in [-0.25, -0.2) is 13.2 Å². The Labute approximate surface area is 159 Å². The highest BCUT2D eigenvalue weighted by atomic mass is 19.2. The number of halogens is 3. The van der Waals surface area contributed by atoms with Crippen molar-refractivity contribution in [2.24, 2.45) is 0 Å². The first kappa shape index (κ1) is 19.9. The minimum Gasteiger partial charge on any atom is -0.378 e. The van der Waals surface area contributed by atoms with Gasteiger partial charge < -0.3 is 4.74 Å². The third-order valence-corrected chi connectivity index (χ3v) is 5.55. The van der Waals surface area contributed by atoms with Crippen molar-refractivity contribution in [2.45, 2.75) is 64.4 Å². The van der Waals surface area contributed by atoms with Crippen LogP contribution >= 0.6 is 0 Å². The summed E-state index contributed by atoms with van der Waals surface area (Å²) in [4.78, 5) is 0. The molecule has 27 heavy (non-hydrogen) atoms. The SMILES string of the molecule is CCCCC1CCC(c2ccc(-c3ccc(CC)c(F)c3)c(F)c2F)CO1. The predicted molar refractivity (Wildman–Crippen MR) is 102 cm³/mol. The summed E-state index contributed by atoms with van der Waals surface area (Å²) in [7, 11) is 0. The van der Waals surface area contributed by atoms with E-state index in [2.05, 4.69) is 6.92 Å². The van der Waals surface area contributed by atoms with Crippen molar-refractivity contribution in [2.75, 3.05) is 6.61 Å². The van der Waals surface area contributed by atoms with Gasteiger partial charge in [-0.3, -0.25) is 0 Å². The van der Waals surface area contributed by atoms with E-state index in [4.69, 9.17) is 4.74 Å². The molecule has 1 heterocycles. The molecule has 4 heteroatoms. The molecule has 1 nitrogen and oxygen atoms in total. The normalized spacial score (nSPS) is 20.0. The number of benzene rings is 2. The molecular weight excluding hydrogens is 349 g/mol. The van der Waals surface area contributed by atoms with E-state index in [1.165, 1.54) is 6.07 Å². The molecule has 0 aromatic heterocycles. The molecule has 0 radical (unpaired) electrons. The van der Waals surface area contributed by atoms with Crippen LogP contribution in [-0.4, -0.2) is 12.7 Å². The fraction of sp³-hybridized carbons (Fsp3) is 0.478. The van der Waals surface area contributed by atoms with Gasteiger partial charge >= 0.3 is 0 Å². The maximum absolute atomic E-state index is 14.8. The minimum absolute atomic E-state index is 0.0929. The topological polar surface area (TPSA) is 9.23 Å². The largest absolute Gasteiger partial charge is 0.378 e. The van der Waals surface area contributed by atoms with Crippen LogP contribution in [-0.2, 0) is 11.2 Å². The standard InChI is InChI=1S/C23H27F3O/c1-3-5-6-18-10-9-17(14-27-18)20-12-11-19(22(25)23(20)26)16-8-7-15(4-2)21(24)13-16/h7-8,11-13,17-18H,3-6,9-10,14H2,1-2H3. The first-order valence-corrected chi connectivity index (χ1v) is 9.93. The van der Waals surface area contributed by atoms with E-state index < -0.39 is 17.5 Å². The second-order valence-electron chi connectivity index (χ2n) is 7.36. The summed E-state index contributed by atoms with van der Waals surface area (Å²) in [5, 5.41) is 0. The lowest BCUT2D eigenvalue weighted by atomic mass is 9.88. The maximum atomic E-state index is 14.8. The van der Waals surface area contributed by atoms with Crippen molar-refractivity contribution in [1.82, 2.24) is 0 Å². The number of ether oxygens (including phenoxy) is 1. The van der Waals surface area contributed by atoms with E-state index in [1.807, 2.05) is 6.92 Å². The van der Waals surface area contributed by atoms with Gasteiger partial charge in [0.05, 0.1) is 12.7 Å². The third kappa shape index (κ3) is 4.37. The number of unbranched alkanes of at least 4 members (excludes halogenated alkanes) is 1. The Morgan fingerprint density at radius 3 is 2.44 bits per heavy atom. The molecule has 1 saturated heterocycles. The highest BCUT2D eigenvalue weighted by Crippen LogP contribution is 2.35. The monoisotopic (exact) mass is 376 g/mol. The summed E-state index contributed by atoms with van der Waals surface area (Å²) in [6.45, 7) is 4.42. The molecule has 2 aromatic rings. The molecule has 146 valence electrons. The second-order valence-corrected chi connectivity index (χ2v) is 7.36. The van der Waals surface area contributed by atoms with E-state index in [-0.39, 0.29) is 17.6 Å². The fourth-order valence-corrected chi connectivity index (χ4v) is 3.81. The molecule has 3 rings (SSSR count). The van der Waals surface area contributed by atoms with Crippen LogP contribution in [0.3, 0.4) is 0 Å². The van der Waals surface area contributed by atoms with Gasteiger partial charge in [-0.15, -0.1) is 0 Å². The molecule has 1 fully saturated rings. The summed E-state index contributed by atoms with van der Waals surface area (Å²) in [6, 6.07) is 7.72. The molecule has 2 atom stereocenters. The van der Waals surface area contributed by atoms with Crippen molar-refractivity contribution in [1.29, 1.82) is 0 Å². The van der Waals surface area contributed by atoms with Crippen LogP contribution in [0.15, 0.2) is 30.3 Å². The molecule has 2 aromatic carbocycles. The van der Waals surface area contributed by atoms with Crippen LogP contribution in [0, 0.1) is 17.5 Å². The van der Waals surface area contributed by atoms with E-state index in [0.29, 0.717) is 29.7 Å². The third-order valence-electron chi connectivity index (χ3n) is 5.55. The molecule has 0 aliphatic carbocycles. The van der Waals surface area contributed by atoms with Gasteiger partial charge in [0.15, 0.2) is 11.6 Å². The van der Waals surface area contributed by atoms with Gasteiger partial charge in [0.1, 0.15) is 5.82 Å². The van der Waals surface area contributed by atoms with Crippen LogP contribution in [0.2, 0.25) is 0 Å². The maximum Gasteiger partial charge on any atom is 0.166 e. The Morgan fingerprint density at radius 1 is 1.00 bits per heavy atom. The number of hydrogen-bond acceptors (Lipinski definition) is 1. The quantitative estimate of drug-likeness (QED) is 0.539. The van der Waals surface area contributed by atoms with Gasteiger partial charge in [-0.1, -0.05) is 51.0 Å². The molecule has 2 unspecified atom stereocenters. The highest BCUT2D eigenvalue weighted by molar-refractivity contribution is 5.65. The van der Waals surface area contributed by atoms with Crippen LogP contribution in [0.5, 0.6) is 0 Å². The van der Waals surface area contributed by atoms with Crippen LogP contribution in [0.25, 0.3) is 11.1 Å². The minimum atomic E-state index is -0.913. The summed E-state index contributed by atoms with van der Waals surface area (Å²) in [5.41, 5.74) is 1.37. The van der Waals surface area contributed by atoms with E-state index >= 15 is 0 Å². The molecule has 1 aliphatic heterocycles. The zero-order valence-electron chi connectivity index (χ0n) is 16.0. The molecule has 1 aliphatic rings. The van der Waals surface area contributed by atoms with Crippen LogP contribution in [0.4, 0.5) is 13.2 Å². The molecule has 0 bridgehead atoms. The Kier molecular flexibility index (Phi) is 6.59. The zero-order chi connectivity index (χ0) is 19.4. The Balaban J connectivity index is 1.79. The zero-order valence-corrected chi connectivity index (χ0v) is 16.0. The molecule has 0 spiro atoms. The molecule has 0 amide bonds. The lowest BCUT2D eigenvalue weighted by molar-refractivity contribution is -0.00258. The smallest absolute Gasteiger partial charge is 0.166 e. The first-order valence-electron chi connectivity index (χ1n) is 9.93.